The molecule has 3 saturated heterocycles. The van der Waals surface area contributed by atoms with E-state index in [0.29, 0.717) is 31.3 Å². The number of anilines is 1. The molecular formula is C22H32N4O4. The summed E-state index contributed by atoms with van der Waals surface area (Å²) < 4.78 is 16.4. The van der Waals surface area contributed by atoms with E-state index in [1.165, 1.54) is 19.3 Å². The van der Waals surface area contributed by atoms with Crippen LogP contribution in [0.15, 0.2) is 18.3 Å². The van der Waals surface area contributed by atoms with Gasteiger partial charge in [0.05, 0.1) is 25.5 Å². The fourth-order valence-corrected chi connectivity index (χ4v) is 5.36. The number of hydrogen-bond donors (Lipinski definition) is 0. The van der Waals surface area contributed by atoms with Crippen molar-refractivity contribution in [3.8, 4) is 5.88 Å². The van der Waals surface area contributed by atoms with Crippen LogP contribution in [0.4, 0.5) is 10.5 Å². The number of ether oxygens (including phenoxy) is 3. The molecular weight excluding hydrogens is 384 g/mol. The summed E-state index contributed by atoms with van der Waals surface area (Å²) in [5.41, 5.74) is 1.42. The molecule has 0 radical (unpaired) electrons. The molecule has 4 heterocycles. The fraction of sp³-hybridized carbons (Fsp3) is 0.727. The highest BCUT2D eigenvalue weighted by molar-refractivity contribution is 5.69. The lowest BCUT2D eigenvalue weighted by atomic mass is 9.78. The summed E-state index contributed by atoms with van der Waals surface area (Å²) in [5.74, 6) is 0.729. The van der Waals surface area contributed by atoms with Gasteiger partial charge in [-0.05, 0) is 38.3 Å². The number of piperazine rings is 1. The van der Waals surface area contributed by atoms with Crippen LogP contribution in [0.2, 0.25) is 0 Å². The van der Waals surface area contributed by atoms with E-state index in [2.05, 4.69) is 20.9 Å². The van der Waals surface area contributed by atoms with Gasteiger partial charge in [-0.25, -0.2) is 9.78 Å². The lowest BCUT2D eigenvalue weighted by molar-refractivity contribution is -0.0811. The molecule has 164 valence electrons. The van der Waals surface area contributed by atoms with Gasteiger partial charge in [0.15, 0.2) is 0 Å². The molecule has 1 atom stereocenters. The molecule has 3 aliphatic heterocycles. The van der Waals surface area contributed by atoms with Gasteiger partial charge in [-0.2, -0.15) is 0 Å². The number of carbonyl (C=O) groups excluding carboxylic acids is 1. The number of pyridine rings is 1. The van der Waals surface area contributed by atoms with Crippen LogP contribution in [0.25, 0.3) is 0 Å². The summed E-state index contributed by atoms with van der Waals surface area (Å²) >= 11 is 0. The van der Waals surface area contributed by atoms with Gasteiger partial charge in [-0.3, -0.25) is 4.90 Å². The third-order valence-corrected chi connectivity index (χ3v) is 7.06. The molecule has 30 heavy (non-hydrogen) atoms. The van der Waals surface area contributed by atoms with Crippen LogP contribution in [0.5, 0.6) is 5.88 Å². The molecule has 1 amide bonds. The van der Waals surface area contributed by atoms with Crippen LogP contribution in [0, 0.1) is 5.41 Å². The van der Waals surface area contributed by atoms with Crippen LogP contribution >= 0.6 is 0 Å². The van der Waals surface area contributed by atoms with Gasteiger partial charge in [-0.15, -0.1) is 0 Å². The second-order valence-corrected chi connectivity index (χ2v) is 9.08. The highest BCUT2D eigenvalue weighted by Gasteiger charge is 2.51. The predicted molar refractivity (Wildman–Crippen MR) is 112 cm³/mol. The molecule has 4 aliphatic rings. The number of hydrogen-bond acceptors (Lipinski definition) is 7. The maximum Gasteiger partial charge on any atom is 0.409 e. The number of nitrogens with zero attached hydrogens (tertiary/aromatic N) is 4. The van der Waals surface area contributed by atoms with Gasteiger partial charge in [0, 0.05) is 56.9 Å². The van der Waals surface area contributed by atoms with E-state index in [0.717, 1.165) is 50.8 Å². The molecule has 8 heteroatoms. The summed E-state index contributed by atoms with van der Waals surface area (Å²) in [4.78, 5) is 23.3. The van der Waals surface area contributed by atoms with Crippen molar-refractivity contribution in [3.05, 3.63) is 18.3 Å². The zero-order valence-corrected chi connectivity index (χ0v) is 17.8. The first kappa shape index (κ1) is 19.9. The third kappa shape index (κ3) is 3.83. The van der Waals surface area contributed by atoms with E-state index in [4.69, 9.17) is 14.2 Å². The molecule has 1 aliphatic carbocycles. The van der Waals surface area contributed by atoms with E-state index >= 15 is 0 Å². The first-order valence-corrected chi connectivity index (χ1v) is 11.3. The van der Waals surface area contributed by atoms with Crippen molar-refractivity contribution in [2.45, 2.75) is 38.3 Å². The Morgan fingerprint density at radius 3 is 2.77 bits per heavy atom. The molecule has 1 saturated carbocycles. The van der Waals surface area contributed by atoms with Crippen LogP contribution in [0.1, 0.15) is 26.2 Å². The topological polar surface area (TPSA) is 67.4 Å². The number of aromatic nitrogens is 1. The first-order valence-electron chi connectivity index (χ1n) is 11.3. The number of carbonyl (C=O) groups is 1. The molecule has 0 N–H and O–H groups in total. The number of rotatable bonds is 5. The Kier molecular flexibility index (Phi) is 5.45. The monoisotopic (exact) mass is 416 g/mol. The van der Waals surface area contributed by atoms with Gasteiger partial charge in [0.2, 0.25) is 5.88 Å². The lowest BCUT2D eigenvalue weighted by Crippen LogP contribution is -2.58. The quantitative estimate of drug-likeness (QED) is 0.727. The van der Waals surface area contributed by atoms with Gasteiger partial charge in [-0.1, -0.05) is 0 Å². The fourth-order valence-electron chi connectivity index (χ4n) is 5.36. The van der Waals surface area contributed by atoms with E-state index in [1.54, 1.807) is 6.20 Å². The van der Waals surface area contributed by atoms with Gasteiger partial charge >= 0.3 is 6.09 Å². The van der Waals surface area contributed by atoms with Crippen molar-refractivity contribution < 1.29 is 19.0 Å². The molecule has 8 nitrogen and oxygen atoms in total. The summed E-state index contributed by atoms with van der Waals surface area (Å²) in [5, 5.41) is 0. The van der Waals surface area contributed by atoms with Crippen LogP contribution in [-0.4, -0.2) is 92.1 Å². The zero-order chi connectivity index (χ0) is 20.6. The van der Waals surface area contributed by atoms with Gasteiger partial charge in [0.1, 0.15) is 6.10 Å². The Hall–Kier alpha value is -2.06. The molecule has 1 spiro atoms. The normalized spacial score (nSPS) is 26.4. The van der Waals surface area contributed by atoms with Crippen molar-refractivity contribution in [1.29, 1.82) is 0 Å². The second kappa shape index (κ2) is 8.23. The Morgan fingerprint density at radius 1 is 1.27 bits per heavy atom. The summed E-state index contributed by atoms with van der Waals surface area (Å²) in [6.45, 7) is 9.44. The van der Waals surface area contributed by atoms with Crippen molar-refractivity contribution >= 4 is 11.8 Å². The summed E-state index contributed by atoms with van der Waals surface area (Å²) in [6.07, 6.45) is 5.43. The third-order valence-electron chi connectivity index (χ3n) is 7.06. The van der Waals surface area contributed by atoms with E-state index in [1.807, 2.05) is 17.9 Å². The highest BCUT2D eigenvalue weighted by Crippen LogP contribution is 2.47. The minimum atomic E-state index is -0.150. The van der Waals surface area contributed by atoms with Crippen molar-refractivity contribution in [2.75, 3.05) is 64.0 Å². The Labute approximate surface area is 178 Å². The average molecular weight is 417 g/mol. The molecule has 1 aromatic heterocycles. The average Bonchev–Trinajstić information content (AvgIpc) is 3.16. The van der Waals surface area contributed by atoms with E-state index < -0.39 is 0 Å². The standard InChI is InChI=1S/C22H32N4O4/c1-2-29-21(27)26-15-22(16-26)6-5-17(12-22)24-8-10-25(11-9-24)19-4-3-7-23-20(19)30-18-13-28-14-18/h3-4,7,17-18H,2,5-6,8-16H2,1H3. The minimum absolute atomic E-state index is 0.131. The molecule has 0 bridgehead atoms. The van der Waals surface area contributed by atoms with E-state index in [9.17, 15) is 4.79 Å². The van der Waals surface area contributed by atoms with E-state index in [-0.39, 0.29) is 12.2 Å². The largest absolute Gasteiger partial charge is 0.468 e. The Balaban J connectivity index is 1.13. The van der Waals surface area contributed by atoms with Crippen molar-refractivity contribution in [3.63, 3.8) is 0 Å². The molecule has 1 unspecified atom stereocenters. The second-order valence-electron chi connectivity index (χ2n) is 9.08. The SMILES string of the molecule is CCOC(=O)N1CC2(CCC(N3CCN(c4cccnc4OC4COC4)CC3)C2)C1. The lowest BCUT2D eigenvalue weighted by Gasteiger charge is -2.48. The molecule has 1 aromatic rings. The molecule has 5 rings (SSSR count). The Bertz CT molecular complexity index is 757. The predicted octanol–water partition coefficient (Wildman–Crippen LogP) is 1.99. The number of amides is 1. The zero-order valence-electron chi connectivity index (χ0n) is 17.8. The first-order chi connectivity index (χ1) is 14.7. The highest BCUT2D eigenvalue weighted by atomic mass is 16.6. The van der Waals surface area contributed by atoms with Crippen LogP contribution in [-0.2, 0) is 9.47 Å². The van der Waals surface area contributed by atoms with Crippen molar-refractivity contribution in [2.24, 2.45) is 5.41 Å². The van der Waals surface area contributed by atoms with Gasteiger partial charge < -0.3 is 24.0 Å². The van der Waals surface area contributed by atoms with Crippen molar-refractivity contribution in [1.82, 2.24) is 14.8 Å². The summed E-state index contributed by atoms with van der Waals surface area (Å²) in [7, 11) is 0. The number of likely N-dealkylation sites (tertiary alicyclic amines) is 1. The molecule has 4 fully saturated rings. The Morgan fingerprint density at radius 2 is 2.07 bits per heavy atom. The maximum atomic E-state index is 11.9. The summed E-state index contributed by atoms with van der Waals surface area (Å²) in [6, 6.07) is 4.73. The maximum absolute atomic E-state index is 11.9. The van der Waals surface area contributed by atoms with Crippen LogP contribution in [0.3, 0.4) is 0 Å². The minimum Gasteiger partial charge on any atom is -0.468 e. The van der Waals surface area contributed by atoms with Gasteiger partial charge in [0.25, 0.3) is 0 Å². The molecule has 0 aromatic carbocycles. The smallest absolute Gasteiger partial charge is 0.409 e. The van der Waals surface area contributed by atoms with Crippen LogP contribution < -0.4 is 9.64 Å².